The highest BCUT2D eigenvalue weighted by atomic mass is 127. The molecule has 0 unspecified atom stereocenters. The van der Waals surface area contributed by atoms with Crippen molar-refractivity contribution in [3.05, 3.63) is 72.5 Å². The van der Waals surface area contributed by atoms with Gasteiger partial charge < -0.3 is 15.3 Å². The van der Waals surface area contributed by atoms with Gasteiger partial charge in [0.1, 0.15) is 17.6 Å². The van der Waals surface area contributed by atoms with Crippen molar-refractivity contribution < 1.29 is 14.3 Å². The first kappa shape index (κ1) is 20.8. The largest absolute Gasteiger partial charge is 0.493 e. The van der Waals surface area contributed by atoms with E-state index in [1.54, 1.807) is 23.1 Å². The quantitative estimate of drug-likeness (QED) is 0.456. The van der Waals surface area contributed by atoms with Gasteiger partial charge in [-0.3, -0.25) is 4.57 Å². The van der Waals surface area contributed by atoms with Crippen LogP contribution in [0.2, 0.25) is 5.02 Å². The maximum absolute atomic E-state index is 13.4. The summed E-state index contributed by atoms with van der Waals surface area (Å²) in [5.74, 6) is -0.817. The molecule has 8 nitrogen and oxygen atoms in total. The number of amides is 2. The van der Waals surface area contributed by atoms with E-state index in [1.165, 1.54) is 21.3 Å². The fraction of sp³-hybridized carbons (Fsp3) is 0.190. The maximum Gasteiger partial charge on any atom is 0.336 e. The molecule has 3 heterocycles. The minimum absolute atomic E-state index is 0.105. The number of nitriles is 1. The fourth-order valence-electron chi connectivity index (χ4n) is 4.41. The number of urea groups is 1. The minimum Gasteiger partial charge on any atom is -0.493 e. The number of hydrogen-bond acceptors (Lipinski definition) is 4. The van der Waals surface area contributed by atoms with E-state index in [9.17, 15) is 19.1 Å². The van der Waals surface area contributed by atoms with Gasteiger partial charge in [-0.25, -0.2) is 18.5 Å². The Bertz CT molecular complexity index is 1400. The van der Waals surface area contributed by atoms with Crippen LogP contribution in [-0.4, -0.2) is 31.7 Å². The molecular weight excluding hydrogens is 552 g/mol. The van der Waals surface area contributed by atoms with E-state index in [0.717, 1.165) is 6.07 Å². The third kappa shape index (κ3) is 3.07. The van der Waals surface area contributed by atoms with Crippen molar-refractivity contribution in [1.82, 2.24) is 14.0 Å². The van der Waals surface area contributed by atoms with Crippen molar-refractivity contribution in [2.45, 2.75) is 18.5 Å². The van der Waals surface area contributed by atoms with E-state index in [-0.39, 0.29) is 16.9 Å². The zero-order valence-electron chi connectivity index (χ0n) is 16.2. The van der Waals surface area contributed by atoms with Gasteiger partial charge in [0.15, 0.2) is 0 Å². The van der Waals surface area contributed by atoms with Gasteiger partial charge in [0.2, 0.25) is 5.88 Å². The topological polar surface area (TPSA) is 103 Å². The van der Waals surface area contributed by atoms with E-state index in [0.29, 0.717) is 39.2 Å². The molecule has 2 bridgehead atoms. The molecule has 0 spiro atoms. The lowest BCUT2D eigenvalue weighted by Crippen LogP contribution is -2.40. The average Bonchev–Trinajstić information content (AvgIpc) is 3.42. The molecule has 1 saturated heterocycles. The predicted molar refractivity (Wildman–Crippen MR) is 123 cm³/mol. The number of rotatable bonds is 2. The zero-order chi connectivity index (χ0) is 22.7. The standard InChI is InChI=1S/C21H14ClFIN5O3/c22-14-5-11(2-4-15(14)23)26-20(31)27-9-13-7-17(27)18-19(30)29(21(32)28(13)18)12-3-1-10(8-25)16(24)6-12/h1-6,13,17,30H,7,9H2,(H,26,31)/t13-,17-/m0/s1. The van der Waals surface area contributed by atoms with Crippen LogP contribution in [0, 0.1) is 20.7 Å². The van der Waals surface area contributed by atoms with E-state index in [4.69, 9.17) is 16.9 Å². The summed E-state index contributed by atoms with van der Waals surface area (Å²) in [6.45, 7) is 0.298. The molecule has 2 aliphatic rings. The molecule has 2 aromatic carbocycles. The monoisotopic (exact) mass is 565 g/mol. The van der Waals surface area contributed by atoms with Crippen molar-refractivity contribution in [3.63, 3.8) is 0 Å². The van der Waals surface area contributed by atoms with Gasteiger partial charge in [0.25, 0.3) is 0 Å². The second-order valence-electron chi connectivity index (χ2n) is 7.59. The summed E-state index contributed by atoms with van der Waals surface area (Å²) in [6.07, 6.45) is 0.515. The number of aromatic nitrogens is 2. The van der Waals surface area contributed by atoms with Crippen molar-refractivity contribution in [2.24, 2.45) is 0 Å². The molecule has 3 aromatic rings. The van der Waals surface area contributed by atoms with Gasteiger partial charge in [-0.15, -0.1) is 0 Å². The number of fused-ring (bicyclic) bond motifs is 5. The van der Waals surface area contributed by atoms with E-state index in [1.807, 2.05) is 22.6 Å². The van der Waals surface area contributed by atoms with Gasteiger partial charge in [-0.1, -0.05) is 11.6 Å². The van der Waals surface area contributed by atoms with E-state index in [2.05, 4.69) is 11.4 Å². The second-order valence-corrected chi connectivity index (χ2v) is 9.16. The Balaban J connectivity index is 1.48. The molecule has 5 rings (SSSR count). The Morgan fingerprint density at radius 1 is 1.31 bits per heavy atom. The van der Waals surface area contributed by atoms with Crippen LogP contribution in [0.4, 0.5) is 14.9 Å². The number of likely N-dealkylation sites (tertiary alicyclic amines) is 1. The number of nitrogens with one attached hydrogen (secondary N) is 1. The SMILES string of the molecule is N#Cc1ccc(-n2c(O)c3n(c2=O)[C@H]2C[C@@H]3N(C(=O)Nc3ccc(F)c(Cl)c3)C2)cc1I. The van der Waals surface area contributed by atoms with Crippen LogP contribution in [0.5, 0.6) is 5.88 Å². The van der Waals surface area contributed by atoms with Crippen LogP contribution < -0.4 is 11.0 Å². The van der Waals surface area contributed by atoms with Gasteiger partial charge in [-0.05, 0) is 65.4 Å². The van der Waals surface area contributed by atoms with Gasteiger partial charge in [0, 0.05) is 15.8 Å². The highest BCUT2D eigenvalue weighted by molar-refractivity contribution is 14.1. The highest BCUT2D eigenvalue weighted by Gasteiger charge is 2.49. The number of carbonyl (C=O) groups is 1. The lowest BCUT2D eigenvalue weighted by Gasteiger charge is -2.27. The van der Waals surface area contributed by atoms with Crippen molar-refractivity contribution in [2.75, 3.05) is 11.9 Å². The fourth-order valence-corrected chi connectivity index (χ4v) is 5.21. The van der Waals surface area contributed by atoms with Crippen LogP contribution >= 0.6 is 34.2 Å². The van der Waals surface area contributed by atoms with Gasteiger partial charge >= 0.3 is 11.7 Å². The number of imidazole rings is 1. The molecular formula is C21H14ClFIN5O3. The molecule has 0 radical (unpaired) electrons. The van der Waals surface area contributed by atoms with E-state index < -0.39 is 23.6 Å². The summed E-state index contributed by atoms with van der Waals surface area (Å²) in [6, 6.07) is 9.62. The first-order chi connectivity index (χ1) is 15.3. The predicted octanol–water partition coefficient (Wildman–Crippen LogP) is 4.15. The highest BCUT2D eigenvalue weighted by Crippen LogP contribution is 2.48. The maximum atomic E-state index is 13.4. The number of aromatic hydroxyl groups is 1. The number of nitrogens with zero attached hydrogens (tertiary/aromatic N) is 4. The number of anilines is 1. The molecule has 1 aromatic heterocycles. The molecule has 0 aliphatic carbocycles. The summed E-state index contributed by atoms with van der Waals surface area (Å²) in [4.78, 5) is 27.5. The lowest BCUT2D eigenvalue weighted by atomic mass is 10.2. The first-order valence-corrected chi connectivity index (χ1v) is 11.0. The Labute approximate surface area is 199 Å². The summed E-state index contributed by atoms with van der Waals surface area (Å²) in [7, 11) is 0. The molecule has 2 N–H and O–H groups in total. The third-order valence-corrected chi connectivity index (χ3v) is 7.00. The van der Waals surface area contributed by atoms with Crippen LogP contribution in [0.3, 0.4) is 0 Å². The molecule has 2 amide bonds. The van der Waals surface area contributed by atoms with Crippen LogP contribution in [0.15, 0.2) is 41.2 Å². The smallest absolute Gasteiger partial charge is 0.336 e. The molecule has 2 atom stereocenters. The minimum atomic E-state index is -0.586. The Morgan fingerprint density at radius 2 is 2.09 bits per heavy atom. The number of benzene rings is 2. The molecule has 162 valence electrons. The summed E-state index contributed by atoms with van der Waals surface area (Å²) in [5, 5.41) is 22.7. The van der Waals surface area contributed by atoms with E-state index >= 15 is 0 Å². The molecule has 32 heavy (non-hydrogen) atoms. The van der Waals surface area contributed by atoms with Gasteiger partial charge in [-0.2, -0.15) is 5.26 Å². The Hall–Kier alpha value is -3.04. The molecule has 11 heteroatoms. The van der Waals surface area contributed by atoms with Crippen LogP contribution in [0.25, 0.3) is 5.69 Å². The average molecular weight is 566 g/mol. The normalized spacial score (nSPS) is 18.5. The van der Waals surface area contributed by atoms with Crippen molar-refractivity contribution in [3.8, 4) is 17.6 Å². The summed E-state index contributed by atoms with van der Waals surface area (Å²) in [5.41, 5.74) is 1.23. The number of halogens is 3. The number of carbonyl (C=O) groups excluding carboxylic acids is 1. The van der Waals surface area contributed by atoms with Gasteiger partial charge in [0.05, 0.1) is 28.4 Å². The Morgan fingerprint density at radius 3 is 2.78 bits per heavy atom. The summed E-state index contributed by atoms with van der Waals surface area (Å²) >= 11 is 7.79. The van der Waals surface area contributed by atoms with Crippen molar-refractivity contribution >= 4 is 45.9 Å². The number of hydrogen-bond donors (Lipinski definition) is 2. The molecule has 1 fully saturated rings. The van der Waals surface area contributed by atoms with Crippen LogP contribution in [-0.2, 0) is 0 Å². The molecule has 2 aliphatic heterocycles. The lowest BCUT2D eigenvalue weighted by molar-refractivity contribution is 0.198. The van der Waals surface area contributed by atoms with Crippen molar-refractivity contribution in [1.29, 1.82) is 5.26 Å². The first-order valence-electron chi connectivity index (χ1n) is 9.59. The Kier molecular flexibility index (Phi) is 4.90. The molecule has 0 saturated carbocycles. The van der Waals surface area contributed by atoms with Crippen LogP contribution in [0.1, 0.15) is 29.8 Å². The zero-order valence-corrected chi connectivity index (χ0v) is 19.1. The second kappa shape index (κ2) is 7.53. The third-order valence-electron chi connectivity index (χ3n) is 5.82. The summed E-state index contributed by atoms with van der Waals surface area (Å²) < 4.78 is 16.8.